The highest BCUT2D eigenvalue weighted by Gasteiger charge is 2.48. The van der Waals surface area contributed by atoms with Crippen LogP contribution in [0.3, 0.4) is 0 Å². The Labute approximate surface area is 322 Å². The summed E-state index contributed by atoms with van der Waals surface area (Å²) in [7, 11) is 1.50. The molecule has 0 bridgehead atoms. The van der Waals surface area contributed by atoms with Crippen molar-refractivity contribution in [2.75, 3.05) is 25.5 Å². The maximum Gasteiger partial charge on any atom is 0.410 e. The van der Waals surface area contributed by atoms with Crippen molar-refractivity contribution >= 4 is 28.6 Å². The second-order valence-electron chi connectivity index (χ2n) is 15.2. The average Bonchev–Trinajstić information content (AvgIpc) is 3.80. The van der Waals surface area contributed by atoms with E-state index in [1.165, 1.54) is 12.0 Å². The zero-order valence-corrected chi connectivity index (χ0v) is 32.2. The molecule has 0 aliphatic carbocycles. The molecule has 1 N–H and O–H groups in total. The molecular formula is C45H47N5O5. The molecule has 0 spiro atoms. The number of aromatic nitrogens is 3. The molecule has 1 aliphatic heterocycles. The fraction of sp³-hybridized carbons (Fsp3) is 0.289. The van der Waals surface area contributed by atoms with Crippen molar-refractivity contribution in [2.45, 2.75) is 63.9 Å². The first kappa shape index (κ1) is 37.3. The van der Waals surface area contributed by atoms with E-state index in [1.54, 1.807) is 6.20 Å². The van der Waals surface area contributed by atoms with Crippen molar-refractivity contribution in [3.05, 3.63) is 144 Å². The molecule has 282 valence electrons. The van der Waals surface area contributed by atoms with Crippen molar-refractivity contribution < 1.29 is 23.8 Å². The molecule has 1 fully saturated rings. The molecule has 1 atom stereocenters. The summed E-state index contributed by atoms with van der Waals surface area (Å²) >= 11 is 0. The summed E-state index contributed by atoms with van der Waals surface area (Å²) in [6, 6.07) is 40.8. The second kappa shape index (κ2) is 15.0. The van der Waals surface area contributed by atoms with Crippen molar-refractivity contribution in [3.8, 4) is 17.1 Å². The van der Waals surface area contributed by atoms with Crippen LogP contribution >= 0.6 is 0 Å². The highest BCUT2D eigenvalue weighted by Crippen LogP contribution is 2.44. The van der Waals surface area contributed by atoms with Gasteiger partial charge in [-0.1, -0.05) is 91.0 Å². The number of amides is 2. The minimum Gasteiger partial charge on any atom is -0.475 e. The average molecular weight is 738 g/mol. The van der Waals surface area contributed by atoms with Gasteiger partial charge in [-0.3, -0.25) is 4.79 Å². The first-order chi connectivity index (χ1) is 26.4. The highest BCUT2D eigenvalue weighted by atomic mass is 16.6. The lowest BCUT2D eigenvalue weighted by atomic mass is 9.77. The number of benzene rings is 4. The Kier molecular flexibility index (Phi) is 10.2. The van der Waals surface area contributed by atoms with Gasteiger partial charge in [-0.25, -0.2) is 14.5 Å². The Morgan fingerprint density at radius 2 is 1.42 bits per heavy atom. The number of nitrogens with zero attached hydrogens (tertiary/aromatic N) is 4. The SMILES string of the molecule is COC1(C(=O)Nc2ccc3c(c2)c(-c2ccnc(OC(C)C)c2)nn3C(c2ccccc2)(c2ccccc2)c2ccccc2)CCN(C(=O)OC(C)(C)C)C1. The van der Waals surface area contributed by atoms with E-state index < -0.39 is 22.8 Å². The van der Waals surface area contributed by atoms with Crippen molar-refractivity contribution in [1.29, 1.82) is 0 Å². The van der Waals surface area contributed by atoms with E-state index in [9.17, 15) is 9.59 Å². The van der Waals surface area contributed by atoms with E-state index in [4.69, 9.17) is 19.3 Å². The van der Waals surface area contributed by atoms with Gasteiger partial charge >= 0.3 is 6.09 Å². The van der Waals surface area contributed by atoms with Gasteiger partial charge in [0.1, 0.15) is 16.8 Å². The van der Waals surface area contributed by atoms with E-state index >= 15 is 0 Å². The van der Waals surface area contributed by atoms with Crippen LogP contribution in [0.4, 0.5) is 10.5 Å². The number of hydrogen-bond donors (Lipinski definition) is 1. The molecule has 55 heavy (non-hydrogen) atoms. The molecule has 10 nitrogen and oxygen atoms in total. The Balaban J connectivity index is 1.40. The standard InChI is InChI=1S/C45H47N5O5/c1-31(2)54-39-28-32(24-26-46-39)40-37-29-36(47-41(51)44(53-6)25-27-49(30-44)42(52)55-43(3,4)5)22-23-38(37)50(48-40)45(33-16-10-7-11-17-33,34-18-12-8-13-19-34)35-20-14-9-15-21-35/h7-24,26,28-29,31H,25,27,30H2,1-6H3,(H,47,51). The number of pyridine rings is 1. The molecule has 2 amide bonds. The number of hydrogen-bond acceptors (Lipinski definition) is 7. The number of ether oxygens (including phenoxy) is 3. The molecule has 10 heteroatoms. The van der Waals surface area contributed by atoms with Crippen molar-refractivity contribution in [3.63, 3.8) is 0 Å². The molecule has 1 aliphatic rings. The van der Waals surface area contributed by atoms with E-state index in [0.29, 0.717) is 30.2 Å². The van der Waals surface area contributed by atoms with Crippen LogP contribution in [-0.2, 0) is 19.8 Å². The summed E-state index contributed by atoms with van der Waals surface area (Å²) in [6.45, 7) is 9.78. The Bertz CT molecular complexity index is 2190. The third kappa shape index (κ3) is 7.29. The molecule has 6 aromatic rings. The fourth-order valence-electron chi connectivity index (χ4n) is 7.39. The van der Waals surface area contributed by atoms with Gasteiger partial charge in [-0.15, -0.1) is 0 Å². The zero-order valence-electron chi connectivity index (χ0n) is 32.2. The molecule has 1 saturated heterocycles. The smallest absolute Gasteiger partial charge is 0.410 e. The van der Waals surface area contributed by atoms with Gasteiger partial charge in [-0.2, -0.15) is 5.10 Å². The van der Waals surface area contributed by atoms with Gasteiger partial charge in [0, 0.05) is 49.0 Å². The number of carbonyl (C=O) groups is 2. The van der Waals surface area contributed by atoms with Crippen LogP contribution in [0, 0.1) is 0 Å². The summed E-state index contributed by atoms with van der Waals surface area (Å²) in [5, 5.41) is 9.43. The van der Waals surface area contributed by atoms with Gasteiger partial charge in [0.15, 0.2) is 5.60 Å². The number of likely N-dealkylation sites (tertiary alicyclic amines) is 1. The molecule has 7 rings (SSSR count). The van der Waals surface area contributed by atoms with E-state index in [-0.39, 0.29) is 18.6 Å². The molecule has 3 heterocycles. The fourth-order valence-corrected chi connectivity index (χ4v) is 7.39. The normalized spacial score (nSPS) is 16.0. The number of nitrogens with one attached hydrogen (secondary N) is 1. The van der Waals surface area contributed by atoms with E-state index in [0.717, 1.165) is 33.2 Å². The van der Waals surface area contributed by atoms with Crippen LogP contribution < -0.4 is 10.1 Å². The van der Waals surface area contributed by atoms with Gasteiger partial charge in [0.05, 0.1) is 18.2 Å². The quantitative estimate of drug-likeness (QED) is 0.140. The number of methoxy groups -OCH3 is 1. The lowest BCUT2D eigenvalue weighted by molar-refractivity contribution is -0.136. The van der Waals surface area contributed by atoms with Gasteiger partial charge in [0.2, 0.25) is 5.88 Å². The highest BCUT2D eigenvalue weighted by molar-refractivity contribution is 6.02. The minimum atomic E-state index is -1.25. The Morgan fingerprint density at radius 3 is 1.96 bits per heavy atom. The van der Waals surface area contributed by atoms with E-state index in [2.05, 4.69) is 51.4 Å². The lowest BCUT2D eigenvalue weighted by Crippen LogP contribution is -2.48. The first-order valence-corrected chi connectivity index (χ1v) is 18.6. The molecule has 0 saturated carbocycles. The largest absolute Gasteiger partial charge is 0.475 e. The number of anilines is 1. The van der Waals surface area contributed by atoms with Crippen molar-refractivity contribution in [1.82, 2.24) is 19.7 Å². The van der Waals surface area contributed by atoms with E-state index in [1.807, 2.05) is 120 Å². The maximum absolute atomic E-state index is 14.1. The van der Waals surface area contributed by atoms with Gasteiger partial charge in [-0.05, 0) is 75.6 Å². The van der Waals surface area contributed by atoms with Crippen molar-refractivity contribution in [2.24, 2.45) is 0 Å². The molecule has 4 aromatic carbocycles. The minimum absolute atomic E-state index is 0.0685. The predicted octanol–water partition coefficient (Wildman–Crippen LogP) is 8.69. The summed E-state index contributed by atoms with van der Waals surface area (Å²) in [4.78, 5) is 33.0. The van der Waals surface area contributed by atoms with Crippen LogP contribution in [0.25, 0.3) is 22.2 Å². The van der Waals surface area contributed by atoms with Crippen LogP contribution in [0.15, 0.2) is 128 Å². The van der Waals surface area contributed by atoms with Crippen LogP contribution in [0.1, 0.15) is 57.7 Å². The third-order valence-corrected chi connectivity index (χ3v) is 9.88. The predicted molar refractivity (Wildman–Crippen MR) is 214 cm³/mol. The Hall–Kier alpha value is -6.00. The maximum atomic E-state index is 14.1. The molecule has 1 unspecified atom stereocenters. The third-order valence-electron chi connectivity index (χ3n) is 9.88. The monoisotopic (exact) mass is 737 g/mol. The molecule has 0 radical (unpaired) electrons. The second-order valence-corrected chi connectivity index (χ2v) is 15.2. The topological polar surface area (TPSA) is 108 Å². The summed E-state index contributed by atoms with van der Waals surface area (Å²) in [5.74, 6) is 0.135. The lowest BCUT2D eigenvalue weighted by Gasteiger charge is -2.37. The van der Waals surface area contributed by atoms with Gasteiger partial charge in [0.25, 0.3) is 5.91 Å². The summed E-state index contributed by atoms with van der Waals surface area (Å²) in [6.07, 6.45) is 1.50. The summed E-state index contributed by atoms with van der Waals surface area (Å²) in [5.41, 5.74) is 3.15. The van der Waals surface area contributed by atoms with Crippen LogP contribution in [0.2, 0.25) is 0 Å². The number of fused-ring (bicyclic) bond motifs is 1. The summed E-state index contributed by atoms with van der Waals surface area (Å²) < 4.78 is 19.6. The van der Waals surface area contributed by atoms with Crippen LogP contribution in [0.5, 0.6) is 5.88 Å². The molecular weight excluding hydrogens is 691 g/mol. The van der Waals surface area contributed by atoms with Gasteiger partial charge < -0.3 is 24.4 Å². The zero-order chi connectivity index (χ0) is 38.8. The molecule has 2 aromatic heterocycles. The number of rotatable bonds is 10. The Morgan fingerprint density at radius 1 is 0.818 bits per heavy atom. The van der Waals surface area contributed by atoms with Crippen LogP contribution in [-0.4, -0.2) is 69.2 Å². The first-order valence-electron chi connectivity index (χ1n) is 18.6. The number of carbonyl (C=O) groups excluding carboxylic acids is 2.